The lowest BCUT2D eigenvalue weighted by Crippen LogP contribution is -2.41. The molecule has 28 heavy (non-hydrogen) atoms. The van der Waals surface area contributed by atoms with Crippen LogP contribution in [0.15, 0.2) is 34.8 Å². The SMILES string of the molecule is Cc1ccc(C)c2sc(OC3CCN(C(=O)c4cc(Br)ccc4Cl)CC3)nc12. The number of nitrogens with zero attached hydrogens (tertiary/aromatic N) is 2. The van der Waals surface area contributed by atoms with E-state index in [9.17, 15) is 4.79 Å². The number of hydrogen-bond acceptors (Lipinski definition) is 4. The predicted octanol–water partition coefficient (Wildman–Crippen LogP) is 6.01. The number of halogens is 2. The Balaban J connectivity index is 1.42. The van der Waals surface area contributed by atoms with Crippen molar-refractivity contribution in [2.24, 2.45) is 0 Å². The summed E-state index contributed by atoms with van der Waals surface area (Å²) >= 11 is 11.2. The zero-order valence-corrected chi connectivity index (χ0v) is 18.8. The molecule has 7 heteroatoms. The van der Waals surface area contributed by atoms with Gasteiger partial charge in [0.2, 0.25) is 0 Å². The van der Waals surface area contributed by atoms with E-state index in [0.29, 0.717) is 28.9 Å². The van der Waals surface area contributed by atoms with E-state index in [0.717, 1.165) is 28.4 Å². The number of amides is 1. The second-order valence-electron chi connectivity index (χ2n) is 7.09. The van der Waals surface area contributed by atoms with Crippen molar-refractivity contribution < 1.29 is 9.53 Å². The lowest BCUT2D eigenvalue weighted by atomic mass is 10.1. The van der Waals surface area contributed by atoms with E-state index < -0.39 is 0 Å². The number of aromatic nitrogens is 1. The van der Waals surface area contributed by atoms with Crippen LogP contribution in [-0.2, 0) is 0 Å². The van der Waals surface area contributed by atoms with Gasteiger partial charge in [0.25, 0.3) is 11.1 Å². The Labute approximate surface area is 181 Å². The van der Waals surface area contributed by atoms with Crippen molar-refractivity contribution in [1.82, 2.24) is 9.88 Å². The molecule has 0 saturated carbocycles. The third kappa shape index (κ3) is 3.91. The molecule has 0 aliphatic carbocycles. The molecule has 1 amide bonds. The minimum Gasteiger partial charge on any atom is -0.467 e. The Morgan fingerprint density at radius 2 is 1.93 bits per heavy atom. The molecule has 1 saturated heterocycles. The number of thiazole rings is 1. The summed E-state index contributed by atoms with van der Waals surface area (Å²) in [4.78, 5) is 19.3. The van der Waals surface area contributed by atoms with Crippen molar-refractivity contribution in [2.45, 2.75) is 32.8 Å². The van der Waals surface area contributed by atoms with E-state index in [1.54, 1.807) is 23.5 Å². The van der Waals surface area contributed by atoms with Crippen molar-refractivity contribution in [1.29, 1.82) is 0 Å². The number of carbonyl (C=O) groups excluding carboxylic acids is 1. The normalized spacial score (nSPS) is 15.2. The van der Waals surface area contributed by atoms with Gasteiger partial charge in [0.05, 0.1) is 20.8 Å². The summed E-state index contributed by atoms with van der Waals surface area (Å²) in [7, 11) is 0. The van der Waals surface area contributed by atoms with Gasteiger partial charge in [-0.05, 0) is 43.2 Å². The van der Waals surface area contributed by atoms with E-state index in [1.807, 2.05) is 11.0 Å². The lowest BCUT2D eigenvalue weighted by molar-refractivity contribution is 0.0595. The fourth-order valence-electron chi connectivity index (χ4n) is 3.44. The fourth-order valence-corrected chi connectivity index (χ4v) is 5.03. The van der Waals surface area contributed by atoms with E-state index in [2.05, 4.69) is 46.9 Å². The van der Waals surface area contributed by atoms with E-state index in [-0.39, 0.29) is 12.0 Å². The van der Waals surface area contributed by atoms with Gasteiger partial charge in [0, 0.05) is 30.4 Å². The van der Waals surface area contributed by atoms with Crippen molar-refractivity contribution in [2.75, 3.05) is 13.1 Å². The molecule has 2 aromatic carbocycles. The van der Waals surface area contributed by atoms with Crippen LogP contribution in [0.5, 0.6) is 5.19 Å². The molecule has 146 valence electrons. The summed E-state index contributed by atoms with van der Waals surface area (Å²) in [6.07, 6.45) is 1.64. The summed E-state index contributed by atoms with van der Waals surface area (Å²) in [5.74, 6) is -0.0315. The molecular formula is C21H20BrClN2O2S. The molecule has 1 aliphatic heterocycles. The quantitative estimate of drug-likeness (QED) is 0.462. The van der Waals surface area contributed by atoms with Crippen LogP contribution >= 0.6 is 38.9 Å². The minimum absolute atomic E-state index is 0.0315. The van der Waals surface area contributed by atoms with Crippen LogP contribution in [0.4, 0.5) is 0 Å². The summed E-state index contributed by atoms with van der Waals surface area (Å²) in [5.41, 5.74) is 3.95. The van der Waals surface area contributed by atoms with Crippen LogP contribution < -0.4 is 4.74 Å². The average molecular weight is 480 g/mol. The molecule has 3 aromatic rings. The highest BCUT2D eigenvalue weighted by atomic mass is 79.9. The van der Waals surface area contributed by atoms with Gasteiger partial charge in [-0.1, -0.05) is 51.0 Å². The van der Waals surface area contributed by atoms with Gasteiger partial charge in [-0.3, -0.25) is 4.79 Å². The van der Waals surface area contributed by atoms with Gasteiger partial charge in [-0.15, -0.1) is 0 Å². The molecule has 1 fully saturated rings. The van der Waals surface area contributed by atoms with Gasteiger partial charge < -0.3 is 9.64 Å². The molecule has 4 nitrogen and oxygen atoms in total. The predicted molar refractivity (Wildman–Crippen MR) is 118 cm³/mol. The molecule has 0 spiro atoms. The molecular weight excluding hydrogens is 460 g/mol. The molecule has 0 bridgehead atoms. The molecule has 1 aromatic heterocycles. The van der Waals surface area contributed by atoms with Crippen LogP contribution in [0.1, 0.15) is 34.3 Å². The maximum absolute atomic E-state index is 12.8. The standard InChI is InChI=1S/C21H20BrClN2O2S/c1-12-3-4-13(2)19-18(12)24-21(28-19)27-15-7-9-25(10-8-15)20(26)16-11-14(22)5-6-17(16)23/h3-6,11,15H,7-10H2,1-2H3. The zero-order chi connectivity index (χ0) is 19.8. The van der Waals surface area contributed by atoms with Gasteiger partial charge in [0.1, 0.15) is 6.10 Å². The molecule has 0 N–H and O–H groups in total. The first-order valence-electron chi connectivity index (χ1n) is 9.20. The van der Waals surface area contributed by atoms with E-state index in [4.69, 9.17) is 16.3 Å². The Bertz CT molecular complexity index is 1010. The van der Waals surface area contributed by atoms with Gasteiger partial charge in [-0.2, -0.15) is 0 Å². The second kappa shape index (κ2) is 8.01. The smallest absolute Gasteiger partial charge is 0.274 e. The van der Waals surface area contributed by atoms with Crippen molar-refractivity contribution >= 4 is 55.0 Å². The molecule has 0 unspecified atom stereocenters. The molecule has 0 radical (unpaired) electrons. The monoisotopic (exact) mass is 478 g/mol. The number of ether oxygens (including phenoxy) is 1. The molecule has 4 rings (SSSR count). The number of fused-ring (bicyclic) bond motifs is 1. The first-order chi connectivity index (χ1) is 13.4. The highest BCUT2D eigenvalue weighted by Crippen LogP contribution is 2.34. The van der Waals surface area contributed by atoms with Crippen LogP contribution in [-0.4, -0.2) is 35.0 Å². The molecule has 1 aliphatic rings. The average Bonchev–Trinajstić information content (AvgIpc) is 3.12. The highest BCUT2D eigenvalue weighted by molar-refractivity contribution is 9.10. The maximum Gasteiger partial charge on any atom is 0.274 e. The summed E-state index contributed by atoms with van der Waals surface area (Å²) in [6.45, 7) is 5.47. The van der Waals surface area contributed by atoms with E-state index >= 15 is 0 Å². The number of likely N-dealkylation sites (tertiary alicyclic amines) is 1. The first-order valence-corrected chi connectivity index (χ1v) is 11.2. The molecule has 0 atom stereocenters. The number of benzene rings is 2. The van der Waals surface area contributed by atoms with Crippen molar-refractivity contribution in [3.63, 3.8) is 0 Å². The Morgan fingerprint density at radius 3 is 2.64 bits per heavy atom. The Morgan fingerprint density at radius 1 is 1.21 bits per heavy atom. The fraction of sp³-hybridized carbons (Fsp3) is 0.333. The topological polar surface area (TPSA) is 42.4 Å². The highest BCUT2D eigenvalue weighted by Gasteiger charge is 2.26. The zero-order valence-electron chi connectivity index (χ0n) is 15.7. The number of aryl methyl sites for hydroxylation is 2. The summed E-state index contributed by atoms with van der Waals surface area (Å²) < 4.78 is 8.20. The van der Waals surface area contributed by atoms with Gasteiger partial charge in [0.15, 0.2) is 0 Å². The van der Waals surface area contributed by atoms with Gasteiger partial charge >= 0.3 is 0 Å². The van der Waals surface area contributed by atoms with Crippen LogP contribution in [0.25, 0.3) is 10.2 Å². The van der Waals surface area contributed by atoms with Crippen LogP contribution in [0.3, 0.4) is 0 Å². The number of carbonyl (C=O) groups is 1. The number of hydrogen-bond donors (Lipinski definition) is 0. The largest absolute Gasteiger partial charge is 0.467 e. The summed E-state index contributed by atoms with van der Waals surface area (Å²) in [5, 5.41) is 1.19. The Hall–Kier alpha value is -1.63. The Kier molecular flexibility index (Phi) is 5.63. The number of piperidine rings is 1. The van der Waals surface area contributed by atoms with E-state index in [1.165, 1.54) is 10.3 Å². The third-order valence-electron chi connectivity index (χ3n) is 5.08. The van der Waals surface area contributed by atoms with Crippen molar-refractivity contribution in [3.8, 4) is 5.19 Å². The number of rotatable bonds is 3. The minimum atomic E-state index is -0.0315. The second-order valence-corrected chi connectivity index (χ2v) is 9.37. The molecule has 2 heterocycles. The van der Waals surface area contributed by atoms with Crippen LogP contribution in [0, 0.1) is 13.8 Å². The van der Waals surface area contributed by atoms with Gasteiger partial charge in [-0.25, -0.2) is 4.98 Å². The lowest BCUT2D eigenvalue weighted by Gasteiger charge is -2.31. The first kappa shape index (κ1) is 19.7. The van der Waals surface area contributed by atoms with Crippen molar-refractivity contribution in [3.05, 3.63) is 56.5 Å². The maximum atomic E-state index is 12.8. The summed E-state index contributed by atoms with van der Waals surface area (Å²) in [6, 6.07) is 9.57. The van der Waals surface area contributed by atoms with Crippen LogP contribution in [0.2, 0.25) is 5.02 Å². The third-order valence-corrected chi connectivity index (χ3v) is 6.98.